The third kappa shape index (κ3) is 4.62. The van der Waals surface area contributed by atoms with Crippen LogP contribution in [0.3, 0.4) is 0 Å². The molecule has 3 aromatic carbocycles. The Labute approximate surface area is 249 Å². The molecule has 0 unspecified atom stereocenters. The SMILES string of the molecule is CC1(C)Oc2cccnc2-c2[c-]cccc21.[Ir].[c-]1ccccc1-c1nc2cccc3c2n1CC=C3C1CCCC1. The molecule has 1 aliphatic carbocycles. The molecule has 0 spiro atoms. The fourth-order valence-electron chi connectivity index (χ4n) is 6.38. The predicted octanol–water partition coefficient (Wildman–Crippen LogP) is 8.26. The molecule has 1 fully saturated rings. The van der Waals surface area contributed by atoms with Gasteiger partial charge < -0.3 is 14.3 Å². The Morgan fingerprint density at radius 1 is 0.925 bits per heavy atom. The fourth-order valence-corrected chi connectivity index (χ4v) is 6.38. The van der Waals surface area contributed by atoms with Crippen molar-refractivity contribution in [1.29, 1.82) is 0 Å². The minimum atomic E-state index is -0.316. The van der Waals surface area contributed by atoms with Crippen LogP contribution in [0.2, 0.25) is 0 Å². The van der Waals surface area contributed by atoms with Crippen LogP contribution in [-0.4, -0.2) is 14.5 Å². The first-order valence-corrected chi connectivity index (χ1v) is 13.9. The summed E-state index contributed by atoms with van der Waals surface area (Å²) in [7, 11) is 0. The Bertz CT molecular complexity index is 1700. The molecule has 2 aromatic heterocycles. The van der Waals surface area contributed by atoms with Gasteiger partial charge >= 0.3 is 0 Å². The second-order valence-corrected chi connectivity index (χ2v) is 11.1. The van der Waals surface area contributed by atoms with Crippen molar-refractivity contribution in [2.24, 2.45) is 5.92 Å². The number of para-hydroxylation sites is 1. The van der Waals surface area contributed by atoms with Crippen molar-refractivity contribution in [2.45, 2.75) is 51.7 Å². The van der Waals surface area contributed by atoms with Crippen molar-refractivity contribution in [1.82, 2.24) is 14.5 Å². The Kier molecular flexibility index (Phi) is 7.20. The maximum absolute atomic E-state index is 5.96. The normalized spacial score (nSPS) is 16.5. The zero-order chi connectivity index (χ0) is 26.4. The van der Waals surface area contributed by atoms with Gasteiger partial charge in [0, 0.05) is 44.1 Å². The summed E-state index contributed by atoms with van der Waals surface area (Å²) in [5.41, 5.74) is 9.21. The number of hydrogen-bond acceptors (Lipinski definition) is 3. The summed E-state index contributed by atoms with van der Waals surface area (Å²) in [6.07, 6.45) is 9.66. The van der Waals surface area contributed by atoms with Gasteiger partial charge in [-0.25, -0.2) is 0 Å². The van der Waals surface area contributed by atoms with Gasteiger partial charge in [0.25, 0.3) is 0 Å². The van der Waals surface area contributed by atoms with E-state index < -0.39 is 0 Å². The standard InChI is InChI=1S/C21H19N2.C14H12NO.Ir/c1-2-9-16(10-3-1)21-22-19-12-6-11-18-17(15-7-4-5-8-15)13-14-23(21)20(18)19;1-14(2)11-7-4-3-6-10(11)13-12(16-14)8-5-9-15-13;/h1-3,6,9,11-13,15H,4-5,7-8,14H2;3-5,7-9H,1-2H3;/q2*-1;. The number of ether oxygens (including phenoxy) is 1. The summed E-state index contributed by atoms with van der Waals surface area (Å²) in [6, 6.07) is 31.1. The Morgan fingerprint density at radius 3 is 2.60 bits per heavy atom. The molecule has 8 rings (SSSR count). The minimum Gasteiger partial charge on any atom is -0.500 e. The number of imidazole rings is 1. The molecule has 0 bridgehead atoms. The summed E-state index contributed by atoms with van der Waals surface area (Å²) >= 11 is 0. The maximum atomic E-state index is 5.96. The van der Waals surface area contributed by atoms with E-state index in [-0.39, 0.29) is 25.7 Å². The molecule has 4 nitrogen and oxygen atoms in total. The predicted molar refractivity (Wildman–Crippen MR) is 156 cm³/mol. The smallest absolute Gasteiger partial charge is 0.104 e. The van der Waals surface area contributed by atoms with Crippen LogP contribution in [0.4, 0.5) is 0 Å². The third-order valence-electron chi connectivity index (χ3n) is 8.19. The van der Waals surface area contributed by atoms with Gasteiger partial charge in [0.2, 0.25) is 0 Å². The van der Waals surface area contributed by atoms with E-state index in [0.717, 1.165) is 51.9 Å². The monoisotopic (exact) mass is 702 g/mol. The van der Waals surface area contributed by atoms with E-state index in [1.807, 2.05) is 36.4 Å². The van der Waals surface area contributed by atoms with Crippen LogP contribution < -0.4 is 4.74 Å². The van der Waals surface area contributed by atoms with Gasteiger partial charge in [-0.1, -0.05) is 36.6 Å². The number of benzene rings is 3. The van der Waals surface area contributed by atoms with Gasteiger partial charge in [-0.2, -0.15) is 0 Å². The molecule has 203 valence electrons. The van der Waals surface area contributed by atoms with E-state index in [2.05, 4.69) is 78.0 Å². The molecular weight excluding hydrogens is 671 g/mol. The van der Waals surface area contributed by atoms with Crippen molar-refractivity contribution in [2.75, 3.05) is 0 Å². The first-order chi connectivity index (χ1) is 19.1. The van der Waals surface area contributed by atoms with Gasteiger partial charge in [-0.3, -0.25) is 4.98 Å². The van der Waals surface area contributed by atoms with E-state index in [4.69, 9.17) is 9.72 Å². The molecule has 0 atom stereocenters. The maximum Gasteiger partial charge on any atom is 0.104 e. The molecule has 3 aliphatic rings. The van der Waals surface area contributed by atoms with Gasteiger partial charge in [0.15, 0.2) is 0 Å². The second kappa shape index (κ2) is 10.8. The van der Waals surface area contributed by atoms with Crippen molar-refractivity contribution >= 4 is 16.6 Å². The number of allylic oxidation sites excluding steroid dienone is 2. The van der Waals surface area contributed by atoms with Crippen LogP contribution in [0.1, 0.15) is 50.7 Å². The van der Waals surface area contributed by atoms with Crippen molar-refractivity contribution in [3.63, 3.8) is 0 Å². The minimum absolute atomic E-state index is 0. The van der Waals surface area contributed by atoms with Crippen LogP contribution in [0.5, 0.6) is 5.75 Å². The van der Waals surface area contributed by atoms with Crippen LogP contribution in [0, 0.1) is 18.1 Å². The molecule has 40 heavy (non-hydrogen) atoms. The number of pyridine rings is 1. The number of nitrogens with zero attached hydrogens (tertiary/aromatic N) is 3. The van der Waals surface area contributed by atoms with Crippen LogP contribution in [-0.2, 0) is 32.3 Å². The topological polar surface area (TPSA) is 39.9 Å². The van der Waals surface area contributed by atoms with Crippen molar-refractivity contribution < 1.29 is 24.8 Å². The average Bonchev–Trinajstić information content (AvgIpc) is 3.64. The first kappa shape index (κ1) is 26.7. The van der Waals surface area contributed by atoms with Gasteiger partial charge in [0.05, 0.1) is 22.5 Å². The van der Waals surface area contributed by atoms with Crippen LogP contribution >= 0.6 is 0 Å². The average molecular weight is 702 g/mol. The molecule has 1 saturated carbocycles. The van der Waals surface area contributed by atoms with Crippen molar-refractivity contribution in [3.8, 4) is 28.4 Å². The second-order valence-electron chi connectivity index (χ2n) is 11.1. The molecule has 5 heteroatoms. The Balaban J connectivity index is 0.000000150. The largest absolute Gasteiger partial charge is 0.500 e. The molecule has 2 aliphatic heterocycles. The van der Waals surface area contributed by atoms with Crippen molar-refractivity contribution in [3.05, 3.63) is 108 Å². The van der Waals surface area contributed by atoms with E-state index in [0.29, 0.717) is 0 Å². The molecule has 4 heterocycles. The number of fused-ring (bicyclic) bond motifs is 3. The first-order valence-electron chi connectivity index (χ1n) is 13.9. The van der Waals surface area contributed by atoms with Gasteiger partial charge in [-0.05, 0) is 56.4 Å². The number of aromatic nitrogens is 3. The molecule has 0 amide bonds. The number of hydrogen-bond donors (Lipinski definition) is 0. The molecule has 0 saturated heterocycles. The summed E-state index contributed by atoms with van der Waals surface area (Å²) in [4.78, 5) is 9.28. The van der Waals surface area contributed by atoms with E-state index in [9.17, 15) is 0 Å². The summed E-state index contributed by atoms with van der Waals surface area (Å²) in [5, 5.41) is 0. The van der Waals surface area contributed by atoms with Gasteiger partial charge in [0.1, 0.15) is 5.75 Å². The van der Waals surface area contributed by atoms with E-state index in [1.54, 1.807) is 11.8 Å². The summed E-state index contributed by atoms with van der Waals surface area (Å²) in [6.45, 7) is 5.06. The fraction of sp³-hybridized carbons (Fsp3) is 0.257. The summed E-state index contributed by atoms with van der Waals surface area (Å²) < 4.78 is 8.32. The third-order valence-corrected chi connectivity index (χ3v) is 8.19. The Hall–Kier alpha value is -3.53. The molecule has 0 N–H and O–H groups in total. The van der Waals surface area contributed by atoms with Gasteiger partial charge in [-0.15, -0.1) is 65.7 Å². The zero-order valence-corrected chi connectivity index (χ0v) is 25.2. The molecular formula is C35H31IrN3O-2. The Morgan fingerprint density at radius 2 is 1.77 bits per heavy atom. The molecule has 5 aromatic rings. The number of rotatable bonds is 2. The zero-order valence-electron chi connectivity index (χ0n) is 22.8. The van der Waals surface area contributed by atoms with Crippen LogP contribution in [0.15, 0.2) is 85.1 Å². The summed E-state index contributed by atoms with van der Waals surface area (Å²) in [5.74, 6) is 2.62. The van der Waals surface area contributed by atoms with Crippen LogP contribution in [0.25, 0.3) is 39.3 Å². The van der Waals surface area contributed by atoms with E-state index in [1.165, 1.54) is 36.8 Å². The quantitative estimate of drug-likeness (QED) is 0.174. The van der Waals surface area contributed by atoms with E-state index >= 15 is 0 Å². The molecule has 1 radical (unpaired) electrons.